The maximum absolute atomic E-state index is 11.8. The lowest BCUT2D eigenvalue weighted by molar-refractivity contribution is 0.0953. The number of sulfonamides is 1. The summed E-state index contributed by atoms with van der Waals surface area (Å²) in [6, 6.07) is 12.0. The highest BCUT2D eigenvalue weighted by atomic mass is 32.2. The number of hydrogen-bond donors (Lipinski definition) is 1. The Balaban J connectivity index is 2.07. The summed E-state index contributed by atoms with van der Waals surface area (Å²) in [6.45, 7) is 1.87. The van der Waals surface area contributed by atoms with Crippen molar-refractivity contribution in [1.82, 2.24) is 4.72 Å². The molecule has 0 saturated heterocycles. The molecule has 0 aliphatic carbocycles. The van der Waals surface area contributed by atoms with E-state index < -0.39 is 15.9 Å². The van der Waals surface area contributed by atoms with E-state index in [1.165, 1.54) is 12.1 Å². The third kappa shape index (κ3) is 4.32. The molecule has 2 rings (SSSR count). The van der Waals surface area contributed by atoms with Crippen molar-refractivity contribution in [2.75, 3.05) is 0 Å². The minimum Gasteiger partial charge on any atom is -0.456 e. The van der Waals surface area contributed by atoms with Crippen LogP contribution in [0.1, 0.15) is 28.8 Å². The number of benzene rings is 1. The molecule has 0 aliphatic heterocycles. The molecule has 0 bridgehead atoms. The normalized spacial score (nSPS) is 11.7. The van der Waals surface area contributed by atoms with Crippen molar-refractivity contribution in [3.63, 3.8) is 0 Å². The van der Waals surface area contributed by atoms with Crippen LogP contribution in [0.25, 0.3) is 6.08 Å². The molecule has 21 heavy (non-hydrogen) atoms. The standard InChI is InChI=1S/C15H15NO4S/c1-2-13-8-9-14(20-13)15(17)16-21(18,19)11-10-12-6-4-3-5-7-12/h3-11H,2H2,1H3,(H,16,17)/b11-10+. The van der Waals surface area contributed by atoms with Crippen LogP contribution in [0.2, 0.25) is 0 Å². The zero-order valence-corrected chi connectivity index (χ0v) is 12.3. The third-order valence-corrected chi connectivity index (χ3v) is 3.67. The largest absolute Gasteiger partial charge is 0.456 e. The molecule has 6 heteroatoms. The van der Waals surface area contributed by atoms with Crippen molar-refractivity contribution < 1.29 is 17.6 Å². The van der Waals surface area contributed by atoms with Gasteiger partial charge < -0.3 is 4.42 Å². The summed E-state index contributed by atoms with van der Waals surface area (Å²) >= 11 is 0. The fourth-order valence-electron chi connectivity index (χ4n) is 1.64. The highest BCUT2D eigenvalue weighted by Gasteiger charge is 2.16. The average molecular weight is 305 g/mol. The average Bonchev–Trinajstić information content (AvgIpc) is 2.95. The number of nitrogens with one attached hydrogen (secondary N) is 1. The Labute approximate surface area is 123 Å². The minimum absolute atomic E-state index is 0.0245. The van der Waals surface area contributed by atoms with Gasteiger partial charge in [-0.2, -0.15) is 0 Å². The van der Waals surface area contributed by atoms with Gasteiger partial charge in [0.15, 0.2) is 5.76 Å². The first kappa shape index (κ1) is 15.1. The monoisotopic (exact) mass is 305 g/mol. The molecular formula is C15H15NO4S. The fraction of sp³-hybridized carbons (Fsp3) is 0.133. The Morgan fingerprint density at radius 1 is 1.19 bits per heavy atom. The maximum atomic E-state index is 11.8. The van der Waals surface area contributed by atoms with E-state index in [4.69, 9.17) is 4.42 Å². The number of hydrogen-bond acceptors (Lipinski definition) is 4. The molecule has 110 valence electrons. The minimum atomic E-state index is -3.86. The van der Waals surface area contributed by atoms with E-state index in [0.29, 0.717) is 12.2 Å². The van der Waals surface area contributed by atoms with E-state index in [9.17, 15) is 13.2 Å². The predicted octanol–water partition coefficient (Wildman–Crippen LogP) is 2.57. The van der Waals surface area contributed by atoms with Gasteiger partial charge in [0.1, 0.15) is 5.76 Å². The van der Waals surface area contributed by atoms with Gasteiger partial charge in [-0.25, -0.2) is 13.1 Å². The van der Waals surface area contributed by atoms with Crippen LogP contribution in [0.3, 0.4) is 0 Å². The third-order valence-electron chi connectivity index (χ3n) is 2.71. The lowest BCUT2D eigenvalue weighted by Gasteiger charge is -2.00. The molecule has 0 saturated carbocycles. The van der Waals surface area contributed by atoms with Gasteiger partial charge in [-0.1, -0.05) is 37.3 Å². The van der Waals surface area contributed by atoms with Crippen LogP contribution in [0.5, 0.6) is 0 Å². The summed E-state index contributed by atoms with van der Waals surface area (Å²) in [7, 11) is -3.86. The second-order valence-corrected chi connectivity index (χ2v) is 5.88. The van der Waals surface area contributed by atoms with Crippen molar-refractivity contribution in [1.29, 1.82) is 0 Å². The summed E-state index contributed by atoms with van der Waals surface area (Å²) in [6.07, 6.45) is 2.04. The Bertz CT molecular complexity index is 745. The zero-order chi connectivity index (χ0) is 15.3. The molecule has 0 spiro atoms. The van der Waals surface area contributed by atoms with Crippen LogP contribution >= 0.6 is 0 Å². The van der Waals surface area contributed by atoms with E-state index in [1.54, 1.807) is 30.3 Å². The van der Waals surface area contributed by atoms with Gasteiger partial charge in [0.2, 0.25) is 0 Å². The number of carbonyl (C=O) groups excluding carboxylic acids is 1. The van der Waals surface area contributed by atoms with Gasteiger partial charge in [-0.15, -0.1) is 0 Å². The quantitative estimate of drug-likeness (QED) is 0.921. The van der Waals surface area contributed by atoms with Crippen LogP contribution < -0.4 is 4.72 Å². The first-order chi connectivity index (χ1) is 10.00. The molecule has 0 atom stereocenters. The van der Waals surface area contributed by atoms with Crippen LogP contribution in [0.4, 0.5) is 0 Å². The summed E-state index contributed by atoms with van der Waals surface area (Å²) in [5, 5.41) is 0.948. The lowest BCUT2D eigenvalue weighted by Crippen LogP contribution is -2.28. The van der Waals surface area contributed by atoms with Crippen molar-refractivity contribution in [3.05, 3.63) is 65.0 Å². The summed E-state index contributed by atoms with van der Waals surface area (Å²) in [5.41, 5.74) is 0.724. The number of carbonyl (C=O) groups is 1. The highest BCUT2D eigenvalue weighted by Crippen LogP contribution is 2.09. The predicted molar refractivity (Wildman–Crippen MR) is 79.9 cm³/mol. The molecule has 0 fully saturated rings. The van der Waals surface area contributed by atoms with Crippen molar-refractivity contribution >= 4 is 22.0 Å². The highest BCUT2D eigenvalue weighted by molar-refractivity contribution is 7.93. The number of furan rings is 1. The second kappa shape index (κ2) is 6.41. The van der Waals surface area contributed by atoms with Crippen molar-refractivity contribution in [2.24, 2.45) is 0 Å². The van der Waals surface area contributed by atoms with Crippen LogP contribution in [-0.4, -0.2) is 14.3 Å². The van der Waals surface area contributed by atoms with Gasteiger partial charge in [0, 0.05) is 6.42 Å². The Hall–Kier alpha value is -2.34. The fourth-order valence-corrected chi connectivity index (χ4v) is 2.40. The van der Waals surface area contributed by atoms with Gasteiger partial charge in [0.25, 0.3) is 10.0 Å². The molecule has 0 aliphatic rings. The molecular weight excluding hydrogens is 290 g/mol. The first-order valence-corrected chi connectivity index (χ1v) is 7.94. The van der Waals surface area contributed by atoms with E-state index in [1.807, 2.05) is 17.7 Å². The molecule has 5 nitrogen and oxygen atoms in total. The number of amides is 1. The smallest absolute Gasteiger partial charge is 0.300 e. The van der Waals surface area contributed by atoms with E-state index in [-0.39, 0.29) is 5.76 Å². The van der Waals surface area contributed by atoms with Crippen molar-refractivity contribution in [2.45, 2.75) is 13.3 Å². The molecule has 1 heterocycles. The summed E-state index contributed by atoms with van der Waals surface area (Å²) in [5.74, 6) is -0.187. The zero-order valence-electron chi connectivity index (χ0n) is 11.4. The second-order valence-electron chi connectivity index (χ2n) is 4.31. The van der Waals surface area contributed by atoms with E-state index >= 15 is 0 Å². The molecule has 0 unspecified atom stereocenters. The van der Waals surface area contributed by atoms with Crippen LogP contribution in [-0.2, 0) is 16.4 Å². The molecule has 1 aromatic carbocycles. The van der Waals surface area contributed by atoms with Gasteiger partial charge in [-0.05, 0) is 23.8 Å². The van der Waals surface area contributed by atoms with Crippen LogP contribution in [0, 0.1) is 0 Å². The molecule has 2 aromatic rings. The molecule has 1 N–H and O–H groups in total. The summed E-state index contributed by atoms with van der Waals surface area (Å²) in [4.78, 5) is 11.8. The molecule has 1 aromatic heterocycles. The Morgan fingerprint density at radius 3 is 2.52 bits per heavy atom. The summed E-state index contributed by atoms with van der Waals surface area (Å²) < 4.78 is 30.7. The maximum Gasteiger partial charge on any atom is 0.300 e. The molecule has 0 radical (unpaired) electrons. The first-order valence-electron chi connectivity index (χ1n) is 6.39. The van der Waals surface area contributed by atoms with Gasteiger partial charge in [-0.3, -0.25) is 4.79 Å². The lowest BCUT2D eigenvalue weighted by atomic mass is 10.2. The Kier molecular flexibility index (Phi) is 4.59. The number of aryl methyl sites for hydroxylation is 1. The van der Waals surface area contributed by atoms with Gasteiger partial charge >= 0.3 is 5.91 Å². The van der Waals surface area contributed by atoms with E-state index in [0.717, 1.165) is 11.0 Å². The van der Waals surface area contributed by atoms with E-state index in [2.05, 4.69) is 0 Å². The SMILES string of the molecule is CCc1ccc(C(=O)NS(=O)(=O)/C=C/c2ccccc2)o1. The number of rotatable bonds is 5. The van der Waals surface area contributed by atoms with Gasteiger partial charge in [0.05, 0.1) is 5.41 Å². The van der Waals surface area contributed by atoms with Crippen LogP contribution in [0.15, 0.2) is 52.3 Å². The van der Waals surface area contributed by atoms with Crippen molar-refractivity contribution in [3.8, 4) is 0 Å². The Morgan fingerprint density at radius 2 is 1.90 bits per heavy atom. The topological polar surface area (TPSA) is 76.4 Å². The molecule has 1 amide bonds.